The van der Waals surface area contributed by atoms with Gasteiger partial charge in [-0.1, -0.05) is 26.7 Å². The minimum atomic E-state index is -0.647. The molecule has 1 aromatic heterocycles. The van der Waals surface area contributed by atoms with Gasteiger partial charge in [0.25, 0.3) is 0 Å². The third-order valence-electron chi connectivity index (χ3n) is 3.93. The van der Waals surface area contributed by atoms with Crippen LogP contribution in [-0.2, 0) is 14.2 Å². The van der Waals surface area contributed by atoms with E-state index in [-0.39, 0.29) is 16.7 Å². The number of amides is 1. The molecule has 1 atom stereocenters. The largest absolute Gasteiger partial charge is 0.444 e. The Bertz CT molecular complexity index is 772. The number of rotatable bonds is 8. The van der Waals surface area contributed by atoms with Crippen LogP contribution in [-0.4, -0.2) is 53.8 Å². The van der Waals surface area contributed by atoms with E-state index in [2.05, 4.69) is 53.2 Å². The van der Waals surface area contributed by atoms with E-state index in [1.54, 1.807) is 6.20 Å². The SMILES string of the molecule is CCOC(C#Cc1cnc(Cl)nc1NC(CNC(=O)OC(C)(C)C)C(C)(C)C)OCC. The molecule has 31 heavy (non-hydrogen) atoms. The fourth-order valence-electron chi connectivity index (χ4n) is 2.37. The van der Waals surface area contributed by atoms with Gasteiger partial charge in [-0.25, -0.2) is 9.78 Å². The Kier molecular flexibility index (Phi) is 10.5. The van der Waals surface area contributed by atoms with E-state index in [0.717, 1.165) is 0 Å². The highest BCUT2D eigenvalue weighted by atomic mass is 35.5. The first kappa shape index (κ1) is 27.0. The molecule has 9 heteroatoms. The molecule has 2 N–H and O–H groups in total. The molecule has 1 rings (SSSR count). The number of hydrogen-bond donors (Lipinski definition) is 2. The zero-order chi connectivity index (χ0) is 23.7. The summed E-state index contributed by atoms with van der Waals surface area (Å²) in [5.41, 5.74) is -0.258. The van der Waals surface area contributed by atoms with Gasteiger partial charge in [0, 0.05) is 32.0 Å². The molecule has 0 fully saturated rings. The lowest BCUT2D eigenvalue weighted by Crippen LogP contribution is -2.45. The maximum atomic E-state index is 12.1. The van der Waals surface area contributed by atoms with Gasteiger partial charge in [0.05, 0.1) is 5.56 Å². The van der Waals surface area contributed by atoms with Crippen molar-refractivity contribution in [2.45, 2.75) is 73.3 Å². The summed E-state index contributed by atoms with van der Waals surface area (Å²) in [6.07, 6.45) is 0.409. The summed E-state index contributed by atoms with van der Waals surface area (Å²) in [4.78, 5) is 20.4. The Morgan fingerprint density at radius 3 is 2.29 bits per heavy atom. The topological polar surface area (TPSA) is 94.6 Å². The average molecular weight is 455 g/mol. The normalized spacial score (nSPS) is 12.7. The summed E-state index contributed by atoms with van der Waals surface area (Å²) >= 11 is 6.03. The van der Waals surface area contributed by atoms with Crippen LogP contribution in [0.15, 0.2) is 6.20 Å². The Hall–Kier alpha value is -2.08. The lowest BCUT2D eigenvalue weighted by atomic mass is 9.86. The number of hydrogen-bond acceptors (Lipinski definition) is 7. The highest BCUT2D eigenvalue weighted by Crippen LogP contribution is 2.24. The number of halogens is 1. The second-order valence-electron chi connectivity index (χ2n) is 8.86. The maximum Gasteiger partial charge on any atom is 0.407 e. The van der Waals surface area contributed by atoms with Crippen molar-refractivity contribution in [1.82, 2.24) is 15.3 Å². The number of nitrogens with one attached hydrogen (secondary N) is 2. The van der Waals surface area contributed by atoms with Crippen LogP contribution in [0.5, 0.6) is 0 Å². The van der Waals surface area contributed by atoms with E-state index in [0.29, 0.717) is 31.1 Å². The second-order valence-corrected chi connectivity index (χ2v) is 9.20. The van der Waals surface area contributed by atoms with Gasteiger partial charge >= 0.3 is 6.09 Å². The minimum absolute atomic E-state index is 0.0898. The lowest BCUT2D eigenvalue weighted by molar-refractivity contribution is -0.0969. The van der Waals surface area contributed by atoms with E-state index in [9.17, 15) is 4.79 Å². The van der Waals surface area contributed by atoms with Crippen LogP contribution < -0.4 is 10.6 Å². The molecular formula is C22H35ClN4O4. The first-order valence-corrected chi connectivity index (χ1v) is 10.7. The molecule has 1 unspecified atom stereocenters. The van der Waals surface area contributed by atoms with E-state index in [1.807, 2.05) is 34.6 Å². The smallest absolute Gasteiger partial charge is 0.407 e. The van der Waals surface area contributed by atoms with E-state index < -0.39 is 18.0 Å². The first-order valence-electron chi connectivity index (χ1n) is 10.4. The summed E-state index contributed by atoms with van der Waals surface area (Å²) in [5, 5.41) is 6.24. The van der Waals surface area contributed by atoms with Crippen molar-refractivity contribution in [2.24, 2.45) is 5.41 Å². The molecule has 1 amide bonds. The number of aromatic nitrogens is 2. The fourth-order valence-corrected chi connectivity index (χ4v) is 2.50. The highest BCUT2D eigenvalue weighted by Gasteiger charge is 2.27. The molecule has 1 heterocycles. The van der Waals surface area contributed by atoms with Crippen LogP contribution in [0.2, 0.25) is 5.28 Å². The second kappa shape index (κ2) is 12.1. The molecule has 0 spiro atoms. The molecular weight excluding hydrogens is 420 g/mol. The van der Waals surface area contributed by atoms with Gasteiger partial charge in [-0.05, 0) is 57.6 Å². The Morgan fingerprint density at radius 1 is 1.16 bits per heavy atom. The lowest BCUT2D eigenvalue weighted by Gasteiger charge is -2.32. The van der Waals surface area contributed by atoms with Gasteiger partial charge in [0.15, 0.2) is 0 Å². The van der Waals surface area contributed by atoms with Crippen LogP contribution in [0, 0.1) is 17.3 Å². The van der Waals surface area contributed by atoms with Crippen molar-refractivity contribution in [2.75, 3.05) is 25.1 Å². The molecule has 0 radical (unpaired) electrons. The molecule has 174 valence electrons. The molecule has 1 aromatic rings. The van der Waals surface area contributed by atoms with Gasteiger partial charge < -0.3 is 24.8 Å². The van der Waals surface area contributed by atoms with Crippen molar-refractivity contribution in [3.05, 3.63) is 17.0 Å². The number of anilines is 1. The van der Waals surface area contributed by atoms with Crippen molar-refractivity contribution < 1.29 is 19.0 Å². The van der Waals surface area contributed by atoms with Crippen LogP contribution >= 0.6 is 11.6 Å². The van der Waals surface area contributed by atoms with Crippen LogP contribution in [0.25, 0.3) is 0 Å². The minimum Gasteiger partial charge on any atom is -0.444 e. The Morgan fingerprint density at radius 2 is 1.77 bits per heavy atom. The fraction of sp³-hybridized carbons (Fsp3) is 0.682. The zero-order valence-electron chi connectivity index (χ0n) is 19.8. The van der Waals surface area contributed by atoms with Crippen molar-refractivity contribution in [1.29, 1.82) is 0 Å². The van der Waals surface area contributed by atoms with Crippen molar-refractivity contribution in [3.8, 4) is 11.8 Å². The summed E-state index contributed by atoms with van der Waals surface area (Å²) in [5.74, 6) is 6.41. The van der Waals surface area contributed by atoms with E-state index in [1.165, 1.54) is 0 Å². The van der Waals surface area contributed by atoms with Crippen LogP contribution in [0.3, 0.4) is 0 Å². The van der Waals surface area contributed by atoms with Gasteiger partial charge in [-0.15, -0.1) is 0 Å². The van der Waals surface area contributed by atoms with Gasteiger partial charge in [0.1, 0.15) is 11.4 Å². The predicted octanol–water partition coefficient (Wildman–Crippen LogP) is 4.23. The zero-order valence-corrected chi connectivity index (χ0v) is 20.5. The third kappa shape index (κ3) is 10.7. The molecule has 0 bridgehead atoms. The standard InChI is InChI=1S/C22H35ClN4O4/c1-9-29-17(30-10-2)12-11-15-13-24-19(23)27-18(15)26-16(21(3,4)5)14-25-20(28)31-22(6,7)8/h13,16-17H,9-10,14H2,1-8H3,(H,25,28)(H,24,26,27). The maximum absolute atomic E-state index is 12.1. The number of carbonyl (C=O) groups is 1. The quantitative estimate of drug-likeness (QED) is 0.344. The summed E-state index contributed by atoms with van der Waals surface area (Å²) in [6.45, 7) is 16.6. The van der Waals surface area contributed by atoms with Gasteiger partial charge in [-0.2, -0.15) is 4.98 Å². The van der Waals surface area contributed by atoms with Gasteiger partial charge in [0.2, 0.25) is 11.6 Å². The molecule has 0 aliphatic carbocycles. The number of carbonyl (C=O) groups excluding carboxylic acids is 1. The van der Waals surface area contributed by atoms with Crippen LogP contribution in [0.4, 0.5) is 10.6 Å². The van der Waals surface area contributed by atoms with E-state index >= 15 is 0 Å². The molecule has 0 saturated carbocycles. The summed E-state index contributed by atoms with van der Waals surface area (Å²) < 4.78 is 16.3. The number of nitrogens with zero attached hydrogens (tertiary/aromatic N) is 2. The molecule has 0 aromatic carbocycles. The number of alkyl carbamates (subject to hydrolysis) is 1. The van der Waals surface area contributed by atoms with Crippen molar-refractivity contribution >= 4 is 23.5 Å². The van der Waals surface area contributed by atoms with E-state index in [4.69, 9.17) is 25.8 Å². The van der Waals surface area contributed by atoms with Gasteiger partial charge in [-0.3, -0.25) is 0 Å². The average Bonchev–Trinajstić information content (AvgIpc) is 2.62. The monoisotopic (exact) mass is 454 g/mol. The summed E-state index contributed by atoms with van der Waals surface area (Å²) in [6, 6.07) is -0.193. The molecule has 0 aliphatic rings. The van der Waals surface area contributed by atoms with Crippen LogP contribution in [0.1, 0.15) is 61.0 Å². The Balaban J connectivity index is 3.07. The van der Waals surface area contributed by atoms with Crippen molar-refractivity contribution in [3.63, 3.8) is 0 Å². The molecule has 8 nitrogen and oxygen atoms in total. The Labute approximate surface area is 190 Å². The number of ether oxygens (including phenoxy) is 3. The first-order chi connectivity index (χ1) is 14.4. The molecule has 0 saturated heterocycles. The predicted molar refractivity (Wildman–Crippen MR) is 122 cm³/mol. The highest BCUT2D eigenvalue weighted by molar-refractivity contribution is 6.28. The molecule has 0 aliphatic heterocycles. The summed E-state index contributed by atoms with van der Waals surface area (Å²) in [7, 11) is 0. The third-order valence-corrected chi connectivity index (χ3v) is 4.11.